The van der Waals surface area contributed by atoms with Crippen molar-refractivity contribution < 1.29 is 18.3 Å². The number of likely N-dealkylation sites (N-methyl/N-ethyl adjacent to an activating group) is 2. The largest absolute Gasteiger partial charge is 0.435 e. The molecule has 0 fully saturated rings. The summed E-state index contributed by atoms with van der Waals surface area (Å²) in [5.41, 5.74) is 0.917. The maximum atomic E-state index is 12.0. The van der Waals surface area contributed by atoms with Gasteiger partial charge in [0.25, 0.3) is 0 Å². The van der Waals surface area contributed by atoms with E-state index in [0.29, 0.717) is 6.54 Å². The number of ether oxygens (including phenoxy) is 1. The Bertz CT molecular complexity index is 410. The summed E-state index contributed by atoms with van der Waals surface area (Å²) in [5.74, 6) is 0.0564. The summed E-state index contributed by atoms with van der Waals surface area (Å²) in [5, 5.41) is 2.58. The van der Waals surface area contributed by atoms with Crippen molar-refractivity contribution in [3.8, 4) is 5.75 Å². The number of nitrogens with one attached hydrogen (secondary N) is 1. The van der Waals surface area contributed by atoms with Crippen molar-refractivity contribution in [1.29, 1.82) is 0 Å². The second kappa shape index (κ2) is 7.04. The van der Waals surface area contributed by atoms with Crippen molar-refractivity contribution in [3.05, 3.63) is 29.8 Å². The predicted octanol–water partition coefficient (Wildman–Crippen LogP) is 1.85. The van der Waals surface area contributed by atoms with E-state index in [1.165, 1.54) is 12.1 Å². The summed E-state index contributed by atoms with van der Waals surface area (Å²) in [4.78, 5) is 13.3. The number of nitrogens with zero attached hydrogens (tertiary/aromatic N) is 1. The Labute approximate surface area is 111 Å². The van der Waals surface area contributed by atoms with Gasteiger partial charge in [0, 0.05) is 13.6 Å². The molecule has 4 nitrogen and oxygen atoms in total. The smallest absolute Gasteiger partial charge is 0.387 e. The molecule has 6 heteroatoms. The molecular formula is C13H18F2N2O2. The maximum absolute atomic E-state index is 12.0. The molecule has 0 radical (unpaired) electrons. The van der Waals surface area contributed by atoms with E-state index in [-0.39, 0.29) is 17.7 Å². The lowest BCUT2D eigenvalue weighted by Crippen LogP contribution is -2.41. The van der Waals surface area contributed by atoms with Crippen molar-refractivity contribution >= 4 is 5.91 Å². The van der Waals surface area contributed by atoms with E-state index >= 15 is 0 Å². The van der Waals surface area contributed by atoms with Crippen LogP contribution in [0.2, 0.25) is 0 Å². The van der Waals surface area contributed by atoms with E-state index < -0.39 is 6.61 Å². The second-order valence-electron chi connectivity index (χ2n) is 4.23. The standard InChI is InChI=1S/C13H18F2N2O2/c1-9(12(18)16-2)17(3)8-10-4-6-11(7-5-10)19-13(14)15/h4-7,9,13H,8H2,1-3H3,(H,16,18)/t9-/m0/s1. The van der Waals surface area contributed by atoms with Crippen LogP contribution in [0.3, 0.4) is 0 Å². The molecule has 106 valence electrons. The van der Waals surface area contributed by atoms with Gasteiger partial charge in [-0.2, -0.15) is 8.78 Å². The van der Waals surface area contributed by atoms with Crippen LogP contribution in [-0.2, 0) is 11.3 Å². The monoisotopic (exact) mass is 272 g/mol. The molecule has 0 aliphatic heterocycles. The van der Waals surface area contributed by atoms with Crippen molar-refractivity contribution in [2.24, 2.45) is 0 Å². The Morgan fingerprint density at radius 2 is 1.95 bits per heavy atom. The third-order valence-electron chi connectivity index (χ3n) is 2.87. The van der Waals surface area contributed by atoms with Gasteiger partial charge in [-0.05, 0) is 31.7 Å². The van der Waals surface area contributed by atoms with Gasteiger partial charge in [-0.1, -0.05) is 12.1 Å². The molecule has 1 aromatic rings. The van der Waals surface area contributed by atoms with Gasteiger partial charge in [0.15, 0.2) is 0 Å². The summed E-state index contributed by atoms with van der Waals surface area (Å²) < 4.78 is 28.2. The lowest BCUT2D eigenvalue weighted by atomic mass is 10.2. The molecule has 0 saturated carbocycles. The van der Waals surface area contributed by atoms with Gasteiger partial charge in [0.2, 0.25) is 5.91 Å². The average Bonchev–Trinajstić information content (AvgIpc) is 2.38. The minimum Gasteiger partial charge on any atom is -0.435 e. The van der Waals surface area contributed by atoms with Gasteiger partial charge >= 0.3 is 6.61 Å². The normalized spacial score (nSPS) is 12.6. The van der Waals surface area contributed by atoms with Crippen molar-refractivity contribution in [1.82, 2.24) is 10.2 Å². The molecule has 1 aromatic carbocycles. The number of hydrogen-bond donors (Lipinski definition) is 1. The highest BCUT2D eigenvalue weighted by molar-refractivity contribution is 5.80. The summed E-state index contributed by atoms with van der Waals surface area (Å²) in [6.07, 6.45) is 0. The number of carbonyl (C=O) groups is 1. The Hall–Kier alpha value is -1.69. The lowest BCUT2D eigenvalue weighted by Gasteiger charge is -2.23. The van der Waals surface area contributed by atoms with Crippen LogP contribution in [0.25, 0.3) is 0 Å². The highest BCUT2D eigenvalue weighted by atomic mass is 19.3. The zero-order valence-electron chi connectivity index (χ0n) is 11.2. The van der Waals surface area contributed by atoms with E-state index in [1.807, 2.05) is 11.9 Å². The van der Waals surface area contributed by atoms with E-state index in [1.54, 1.807) is 26.1 Å². The van der Waals surface area contributed by atoms with Crippen LogP contribution in [0.4, 0.5) is 8.78 Å². The van der Waals surface area contributed by atoms with E-state index in [9.17, 15) is 13.6 Å². The molecule has 0 aromatic heterocycles. The van der Waals surface area contributed by atoms with Crippen LogP contribution in [0.5, 0.6) is 5.75 Å². The second-order valence-corrected chi connectivity index (χ2v) is 4.23. The summed E-state index contributed by atoms with van der Waals surface area (Å²) in [6, 6.07) is 6.11. The van der Waals surface area contributed by atoms with Gasteiger partial charge in [-0.25, -0.2) is 0 Å². The van der Waals surface area contributed by atoms with Crippen molar-refractivity contribution in [2.45, 2.75) is 26.1 Å². The number of carbonyl (C=O) groups excluding carboxylic acids is 1. The lowest BCUT2D eigenvalue weighted by molar-refractivity contribution is -0.125. The van der Waals surface area contributed by atoms with Gasteiger partial charge in [-0.3, -0.25) is 9.69 Å². The maximum Gasteiger partial charge on any atom is 0.387 e. The third kappa shape index (κ3) is 4.82. The molecule has 0 heterocycles. The van der Waals surface area contributed by atoms with Crippen LogP contribution in [-0.4, -0.2) is 37.6 Å². The van der Waals surface area contributed by atoms with Gasteiger partial charge < -0.3 is 10.1 Å². The minimum absolute atomic E-state index is 0.0693. The summed E-state index contributed by atoms with van der Waals surface area (Å²) in [6.45, 7) is -0.474. The minimum atomic E-state index is -2.82. The summed E-state index contributed by atoms with van der Waals surface area (Å²) >= 11 is 0. The van der Waals surface area contributed by atoms with Crippen LogP contribution in [0.15, 0.2) is 24.3 Å². The topological polar surface area (TPSA) is 41.6 Å². The molecule has 0 aliphatic rings. The fraction of sp³-hybridized carbons (Fsp3) is 0.462. The van der Waals surface area contributed by atoms with Gasteiger partial charge in [0.05, 0.1) is 6.04 Å². The Balaban J connectivity index is 2.60. The molecule has 0 saturated heterocycles. The van der Waals surface area contributed by atoms with Crippen LogP contribution in [0.1, 0.15) is 12.5 Å². The average molecular weight is 272 g/mol. The first-order valence-electron chi connectivity index (χ1n) is 5.89. The predicted molar refractivity (Wildman–Crippen MR) is 68.1 cm³/mol. The number of halogens is 2. The molecule has 0 unspecified atom stereocenters. The first kappa shape index (κ1) is 15.4. The number of hydrogen-bond acceptors (Lipinski definition) is 3. The molecule has 1 rings (SSSR count). The van der Waals surface area contributed by atoms with Crippen LogP contribution in [0, 0.1) is 0 Å². The summed E-state index contributed by atoms with van der Waals surface area (Å²) in [7, 11) is 3.41. The molecular weight excluding hydrogens is 254 g/mol. The first-order chi connectivity index (χ1) is 8.93. The molecule has 0 bridgehead atoms. The van der Waals surface area contributed by atoms with Crippen molar-refractivity contribution in [2.75, 3.05) is 14.1 Å². The highest BCUT2D eigenvalue weighted by Crippen LogP contribution is 2.16. The van der Waals surface area contributed by atoms with E-state index in [0.717, 1.165) is 5.56 Å². The number of rotatable bonds is 6. The number of amides is 1. The third-order valence-corrected chi connectivity index (χ3v) is 2.87. The fourth-order valence-corrected chi connectivity index (χ4v) is 1.61. The van der Waals surface area contributed by atoms with Crippen LogP contribution >= 0.6 is 0 Å². The van der Waals surface area contributed by atoms with Crippen molar-refractivity contribution in [3.63, 3.8) is 0 Å². The first-order valence-corrected chi connectivity index (χ1v) is 5.89. The number of benzene rings is 1. The van der Waals surface area contributed by atoms with Crippen LogP contribution < -0.4 is 10.1 Å². The molecule has 0 aliphatic carbocycles. The van der Waals surface area contributed by atoms with E-state index in [2.05, 4.69) is 10.1 Å². The van der Waals surface area contributed by atoms with Gasteiger partial charge in [-0.15, -0.1) is 0 Å². The fourth-order valence-electron chi connectivity index (χ4n) is 1.61. The molecule has 0 spiro atoms. The van der Waals surface area contributed by atoms with Gasteiger partial charge in [0.1, 0.15) is 5.75 Å². The molecule has 19 heavy (non-hydrogen) atoms. The Kier molecular flexibility index (Phi) is 5.69. The molecule has 1 N–H and O–H groups in total. The zero-order chi connectivity index (χ0) is 14.4. The zero-order valence-corrected chi connectivity index (χ0v) is 11.2. The molecule has 1 amide bonds. The SMILES string of the molecule is CNC(=O)[C@H](C)N(C)Cc1ccc(OC(F)F)cc1. The van der Waals surface area contributed by atoms with E-state index in [4.69, 9.17) is 0 Å². The highest BCUT2D eigenvalue weighted by Gasteiger charge is 2.16. The quantitative estimate of drug-likeness (QED) is 0.859. The Morgan fingerprint density at radius 1 is 1.37 bits per heavy atom. The number of alkyl halides is 2. The molecule has 1 atom stereocenters. The Morgan fingerprint density at radius 3 is 2.42 bits per heavy atom.